The molecule has 0 radical (unpaired) electrons. The molecule has 0 aromatic heterocycles. The molecule has 2 N–H and O–H groups in total. The quantitative estimate of drug-likeness (QED) is 0.598. The van der Waals surface area contributed by atoms with Crippen LogP contribution in [0.25, 0.3) is 10.8 Å². The third-order valence-corrected chi connectivity index (χ3v) is 6.06. The van der Waals surface area contributed by atoms with E-state index in [1.165, 1.54) is 0 Å². The number of rotatable bonds is 7. The van der Waals surface area contributed by atoms with Gasteiger partial charge in [0.2, 0.25) is 0 Å². The van der Waals surface area contributed by atoms with E-state index in [-0.39, 0.29) is 10.8 Å². The minimum absolute atomic E-state index is 0.170. The van der Waals surface area contributed by atoms with Gasteiger partial charge in [0.1, 0.15) is 0 Å². The highest BCUT2D eigenvalue weighted by atomic mass is 32.2. The third kappa shape index (κ3) is 4.91. The number of hydrogen-bond donors (Lipinski definition) is 2. The molecule has 0 saturated carbocycles. The van der Waals surface area contributed by atoms with Gasteiger partial charge >= 0.3 is 0 Å². The van der Waals surface area contributed by atoms with Gasteiger partial charge in [-0.15, -0.1) is 0 Å². The molecule has 0 aliphatic rings. The standard InChI is InChI=1S/C23H27N3O3S/c1-16(2)15-24-23(27)21-14-19(10-12-22(21)26(3)4)25-30(28,29)20-11-9-17-7-5-6-8-18(17)13-20/h5-14,16,25H,15H2,1-4H3,(H,24,27). The molecule has 0 fully saturated rings. The first kappa shape index (κ1) is 21.6. The van der Waals surface area contributed by atoms with Gasteiger partial charge in [-0.3, -0.25) is 9.52 Å². The Morgan fingerprint density at radius 3 is 2.33 bits per heavy atom. The molecule has 30 heavy (non-hydrogen) atoms. The largest absolute Gasteiger partial charge is 0.377 e. The molecule has 3 aromatic rings. The van der Waals surface area contributed by atoms with Crippen molar-refractivity contribution in [1.82, 2.24) is 5.32 Å². The molecule has 158 valence electrons. The van der Waals surface area contributed by atoms with Crippen molar-refractivity contribution in [2.75, 3.05) is 30.3 Å². The predicted octanol–water partition coefficient (Wildman–Crippen LogP) is 4.09. The number of nitrogens with zero attached hydrogens (tertiary/aromatic N) is 1. The first-order chi connectivity index (χ1) is 14.2. The Balaban J connectivity index is 1.92. The highest BCUT2D eigenvalue weighted by Gasteiger charge is 2.18. The SMILES string of the molecule is CC(C)CNC(=O)c1cc(NS(=O)(=O)c2ccc3ccccc3c2)ccc1N(C)C. The Labute approximate surface area is 178 Å². The van der Waals surface area contributed by atoms with Gasteiger partial charge in [-0.05, 0) is 47.0 Å². The molecule has 3 aromatic carbocycles. The molecular weight excluding hydrogens is 398 g/mol. The van der Waals surface area contributed by atoms with Gasteiger partial charge in [0.15, 0.2) is 0 Å². The third-order valence-electron chi connectivity index (χ3n) is 4.68. The Morgan fingerprint density at radius 2 is 1.67 bits per heavy atom. The lowest BCUT2D eigenvalue weighted by molar-refractivity contribution is 0.0949. The van der Waals surface area contributed by atoms with Crippen molar-refractivity contribution in [2.24, 2.45) is 5.92 Å². The van der Waals surface area contributed by atoms with Crippen LogP contribution in [0.1, 0.15) is 24.2 Å². The van der Waals surface area contributed by atoms with Crippen LogP contribution in [0.2, 0.25) is 0 Å². The normalized spacial score (nSPS) is 11.5. The lowest BCUT2D eigenvalue weighted by Gasteiger charge is -2.19. The Morgan fingerprint density at radius 1 is 0.967 bits per heavy atom. The first-order valence-corrected chi connectivity index (χ1v) is 11.3. The average molecular weight is 426 g/mol. The summed E-state index contributed by atoms with van der Waals surface area (Å²) < 4.78 is 28.5. The molecule has 6 nitrogen and oxygen atoms in total. The zero-order chi connectivity index (χ0) is 21.9. The number of fused-ring (bicyclic) bond motifs is 1. The van der Waals surface area contributed by atoms with E-state index in [0.29, 0.717) is 29.4 Å². The molecule has 0 aliphatic heterocycles. The minimum atomic E-state index is -3.80. The van der Waals surface area contributed by atoms with Crippen molar-refractivity contribution >= 4 is 38.1 Å². The van der Waals surface area contributed by atoms with E-state index in [1.807, 2.05) is 57.1 Å². The molecule has 0 unspecified atom stereocenters. The average Bonchev–Trinajstić information content (AvgIpc) is 2.71. The number of carbonyl (C=O) groups excluding carboxylic acids is 1. The Hall–Kier alpha value is -3.06. The summed E-state index contributed by atoms with van der Waals surface area (Å²) >= 11 is 0. The molecule has 0 saturated heterocycles. The van der Waals surface area contributed by atoms with Gasteiger partial charge in [-0.2, -0.15) is 0 Å². The van der Waals surface area contributed by atoms with Gasteiger partial charge in [0, 0.05) is 32.0 Å². The molecule has 3 rings (SSSR count). The predicted molar refractivity (Wildman–Crippen MR) is 123 cm³/mol. The minimum Gasteiger partial charge on any atom is -0.377 e. The van der Waals surface area contributed by atoms with Crippen LogP contribution in [0.3, 0.4) is 0 Å². The van der Waals surface area contributed by atoms with Gasteiger partial charge < -0.3 is 10.2 Å². The van der Waals surface area contributed by atoms with Crippen LogP contribution < -0.4 is 14.9 Å². The van der Waals surface area contributed by atoms with Crippen molar-refractivity contribution in [2.45, 2.75) is 18.7 Å². The summed E-state index contributed by atoms with van der Waals surface area (Å²) in [5, 5.41) is 4.71. The second-order valence-corrected chi connectivity index (χ2v) is 9.53. The maximum Gasteiger partial charge on any atom is 0.261 e. The van der Waals surface area contributed by atoms with Gasteiger partial charge in [-0.25, -0.2) is 8.42 Å². The molecule has 1 amide bonds. The van der Waals surface area contributed by atoms with Gasteiger partial charge in [0.25, 0.3) is 15.9 Å². The molecule has 0 spiro atoms. The summed E-state index contributed by atoms with van der Waals surface area (Å²) in [6.45, 7) is 4.57. The van der Waals surface area contributed by atoms with E-state index in [4.69, 9.17) is 0 Å². The number of benzene rings is 3. The van der Waals surface area contributed by atoms with Crippen molar-refractivity contribution < 1.29 is 13.2 Å². The van der Waals surface area contributed by atoms with Crippen molar-refractivity contribution in [1.29, 1.82) is 0 Å². The van der Waals surface area contributed by atoms with Crippen LogP contribution in [0, 0.1) is 5.92 Å². The van der Waals surface area contributed by atoms with Crippen molar-refractivity contribution in [3.63, 3.8) is 0 Å². The molecular formula is C23H27N3O3S. The zero-order valence-electron chi connectivity index (χ0n) is 17.6. The van der Waals surface area contributed by atoms with Crippen LogP contribution in [-0.2, 0) is 10.0 Å². The number of nitrogens with one attached hydrogen (secondary N) is 2. The van der Waals surface area contributed by atoms with E-state index in [2.05, 4.69) is 10.0 Å². The van der Waals surface area contributed by atoms with Crippen LogP contribution in [0.4, 0.5) is 11.4 Å². The highest BCUT2D eigenvalue weighted by Crippen LogP contribution is 2.26. The fourth-order valence-corrected chi connectivity index (χ4v) is 4.20. The van der Waals surface area contributed by atoms with Crippen LogP contribution >= 0.6 is 0 Å². The van der Waals surface area contributed by atoms with Crippen LogP contribution in [0.15, 0.2) is 65.6 Å². The number of amides is 1. The summed E-state index contributed by atoms with van der Waals surface area (Å²) in [7, 11) is -0.120. The highest BCUT2D eigenvalue weighted by molar-refractivity contribution is 7.92. The summed E-state index contributed by atoms with van der Waals surface area (Å²) in [5.41, 5.74) is 1.47. The summed E-state index contributed by atoms with van der Waals surface area (Å²) in [6.07, 6.45) is 0. The number of anilines is 2. The summed E-state index contributed by atoms with van der Waals surface area (Å²) in [4.78, 5) is 14.7. The fourth-order valence-electron chi connectivity index (χ4n) is 3.11. The van der Waals surface area contributed by atoms with Crippen molar-refractivity contribution in [3.8, 4) is 0 Å². The maximum absolute atomic E-state index is 12.9. The number of carbonyl (C=O) groups is 1. The van der Waals surface area contributed by atoms with Crippen molar-refractivity contribution in [3.05, 3.63) is 66.2 Å². The van der Waals surface area contributed by atoms with Gasteiger partial charge in [-0.1, -0.05) is 44.2 Å². The lowest BCUT2D eigenvalue weighted by atomic mass is 10.1. The Bertz CT molecular complexity index is 1170. The smallest absolute Gasteiger partial charge is 0.261 e. The number of sulfonamides is 1. The topological polar surface area (TPSA) is 78.5 Å². The summed E-state index contributed by atoms with van der Waals surface area (Å²) in [5.74, 6) is 0.0745. The zero-order valence-corrected chi connectivity index (χ0v) is 18.5. The molecule has 0 bridgehead atoms. The van der Waals surface area contributed by atoms with E-state index < -0.39 is 10.0 Å². The first-order valence-electron chi connectivity index (χ1n) is 9.78. The lowest BCUT2D eigenvalue weighted by Crippen LogP contribution is -2.29. The molecule has 0 heterocycles. The summed E-state index contributed by atoms with van der Waals surface area (Å²) in [6, 6.07) is 17.6. The molecule has 0 aliphatic carbocycles. The van der Waals surface area contributed by atoms with Crippen LogP contribution in [-0.4, -0.2) is 35.0 Å². The maximum atomic E-state index is 12.9. The number of hydrogen-bond acceptors (Lipinski definition) is 4. The second kappa shape index (κ2) is 8.75. The molecule has 7 heteroatoms. The van der Waals surface area contributed by atoms with E-state index in [9.17, 15) is 13.2 Å². The second-order valence-electron chi connectivity index (χ2n) is 7.84. The Kier molecular flexibility index (Phi) is 6.31. The van der Waals surface area contributed by atoms with Gasteiger partial charge in [0.05, 0.1) is 10.5 Å². The fraction of sp³-hybridized carbons (Fsp3) is 0.261. The van der Waals surface area contributed by atoms with Crippen LogP contribution in [0.5, 0.6) is 0 Å². The molecule has 0 atom stereocenters. The monoisotopic (exact) mass is 425 g/mol. The van der Waals surface area contributed by atoms with E-state index in [1.54, 1.807) is 36.4 Å². The van der Waals surface area contributed by atoms with E-state index >= 15 is 0 Å². The van der Waals surface area contributed by atoms with E-state index in [0.717, 1.165) is 10.8 Å².